The van der Waals surface area contributed by atoms with Gasteiger partial charge in [0, 0.05) is 49.2 Å². The van der Waals surface area contributed by atoms with Gasteiger partial charge in [-0.3, -0.25) is 14.7 Å². The number of piperazine rings is 1. The molecule has 122 valence electrons. The molecule has 0 aliphatic carbocycles. The second-order valence-corrected chi connectivity index (χ2v) is 5.46. The number of nitrogens with one attached hydrogen (secondary N) is 1. The molecule has 0 saturated carbocycles. The van der Waals surface area contributed by atoms with Crippen molar-refractivity contribution in [3.05, 3.63) is 30.2 Å². The number of aromatic nitrogens is 2. The van der Waals surface area contributed by atoms with Crippen molar-refractivity contribution < 1.29 is 19.4 Å². The molecule has 0 unspecified atom stereocenters. The smallest absolute Gasteiger partial charge is 0.408 e. The maximum absolute atomic E-state index is 12.6. The summed E-state index contributed by atoms with van der Waals surface area (Å²) >= 11 is 0. The van der Waals surface area contributed by atoms with Crippen LogP contribution in [0.1, 0.15) is 5.69 Å². The topological polar surface area (TPSA) is 98.8 Å². The molecule has 1 atom stereocenters. The van der Waals surface area contributed by atoms with Crippen molar-refractivity contribution in [3.8, 4) is 0 Å². The van der Waals surface area contributed by atoms with Gasteiger partial charge in [0.25, 0.3) is 0 Å². The molecule has 1 aliphatic heterocycles. The van der Waals surface area contributed by atoms with Gasteiger partial charge in [-0.15, -0.1) is 0 Å². The zero-order valence-corrected chi connectivity index (χ0v) is 12.7. The molecule has 8 nitrogen and oxygen atoms in total. The average molecular weight is 318 g/mol. The normalized spacial score (nSPS) is 18.7. The molecule has 8 heteroatoms. The van der Waals surface area contributed by atoms with E-state index in [4.69, 9.17) is 4.74 Å². The standard InChI is InChI=1S/C15H18N4O4/c1-23-9-13-14(20)18(4-5-19(13)15(21)22)8-11-6-10-7-16-3-2-12(10)17-11/h2-3,6-7,13,17H,4-5,8-9H2,1H3,(H,21,22)/t13-/m0/s1. The Morgan fingerprint density at radius 3 is 3.04 bits per heavy atom. The van der Waals surface area contributed by atoms with Gasteiger partial charge >= 0.3 is 6.09 Å². The lowest BCUT2D eigenvalue weighted by molar-refractivity contribution is -0.143. The first-order chi connectivity index (χ1) is 11.1. The van der Waals surface area contributed by atoms with Gasteiger partial charge in [-0.2, -0.15) is 0 Å². The number of rotatable bonds is 4. The second kappa shape index (κ2) is 6.25. The number of fused-ring (bicyclic) bond motifs is 1. The summed E-state index contributed by atoms with van der Waals surface area (Å²) in [6.07, 6.45) is 2.36. The van der Waals surface area contributed by atoms with Crippen molar-refractivity contribution in [3.63, 3.8) is 0 Å². The predicted molar refractivity (Wildman–Crippen MR) is 81.9 cm³/mol. The highest BCUT2D eigenvalue weighted by molar-refractivity contribution is 5.87. The fraction of sp³-hybridized carbons (Fsp3) is 0.400. The van der Waals surface area contributed by atoms with Crippen LogP contribution < -0.4 is 0 Å². The molecule has 1 fully saturated rings. The van der Waals surface area contributed by atoms with Gasteiger partial charge in [0.15, 0.2) is 0 Å². The quantitative estimate of drug-likeness (QED) is 0.872. The van der Waals surface area contributed by atoms with E-state index in [0.717, 1.165) is 21.5 Å². The van der Waals surface area contributed by atoms with Gasteiger partial charge in [0.2, 0.25) is 5.91 Å². The van der Waals surface area contributed by atoms with Crippen molar-refractivity contribution in [1.29, 1.82) is 0 Å². The molecule has 2 aromatic rings. The Morgan fingerprint density at radius 1 is 1.52 bits per heavy atom. The van der Waals surface area contributed by atoms with Gasteiger partial charge in [-0.1, -0.05) is 0 Å². The van der Waals surface area contributed by atoms with Gasteiger partial charge in [0.1, 0.15) is 6.04 Å². The molecule has 1 aliphatic rings. The van der Waals surface area contributed by atoms with E-state index in [9.17, 15) is 14.7 Å². The summed E-state index contributed by atoms with van der Waals surface area (Å²) in [5, 5.41) is 10.2. The van der Waals surface area contributed by atoms with Crippen molar-refractivity contribution in [1.82, 2.24) is 19.8 Å². The van der Waals surface area contributed by atoms with E-state index in [1.807, 2.05) is 12.1 Å². The third kappa shape index (κ3) is 2.98. The lowest BCUT2D eigenvalue weighted by Crippen LogP contribution is -2.59. The van der Waals surface area contributed by atoms with E-state index in [1.54, 1.807) is 17.3 Å². The molecule has 1 saturated heterocycles. The Hall–Kier alpha value is -2.61. The van der Waals surface area contributed by atoms with E-state index < -0.39 is 12.1 Å². The maximum atomic E-state index is 12.6. The second-order valence-electron chi connectivity index (χ2n) is 5.46. The molecular formula is C15H18N4O4. The number of pyridine rings is 1. The number of H-pyrrole nitrogens is 1. The number of hydrogen-bond acceptors (Lipinski definition) is 4. The fourth-order valence-electron chi connectivity index (χ4n) is 2.87. The molecule has 23 heavy (non-hydrogen) atoms. The SMILES string of the molecule is COC[C@H]1C(=O)N(Cc2cc3cnccc3[nH]2)CCN1C(=O)O. The highest BCUT2D eigenvalue weighted by Gasteiger charge is 2.37. The molecular weight excluding hydrogens is 300 g/mol. The Balaban J connectivity index is 1.77. The zero-order valence-electron chi connectivity index (χ0n) is 12.7. The first-order valence-corrected chi connectivity index (χ1v) is 7.29. The number of methoxy groups -OCH3 is 1. The molecule has 3 rings (SSSR count). The van der Waals surface area contributed by atoms with Crippen LogP contribution in [0.15, 0.2) is 24.5 Å². The third-order valence-corrected chi connectivity index (χ3v) is 3.99. The fourth-order valence-corrected chi connectivity index (χ4v) is 2.87. The number of aromatic amines is 1. The van der Waals surface area contributed by atoms with Crippen LogP contribution in [-0.2, 0) is 16.1 Å². The summed E-state index contributed by atoms with van der Waals surface area (Å²) < 4.78 is 5.01. The molecule has 0 aromatic carbocycles. The summed E-state index contributed by atoms with van der Waals surface area (Å²) in [4.78, 5) is 33.9. The Kier molecular flexibility index (Phi) is 4.16. The molecule has 2 amide bonds. The number of carbonyl (C=O) groups is 2. The van der Waals surface area contributed by atoms with Crippen molar-refractivity contribution in [2.75, 3.05) is 26.8 Å². The minimum Gasteiger partial charge on any atom is -0.465 e. The van der Waals surface area contributed by atoms with Crippen LogP contribution in [0.3, 0.4) is 0 Å². The van der Waals surface area contributed by atoms with Crippen LogP contribution in [0.25, 0.3) is 10.9 Å². The Morgan fingerprint density at radius 2 is 2.35 bits per heavy atom. The van der Waals surface area contributed by atoms with Gasteiger partial charge in [-0.05, 0) is 12.1 Å². The lowest BCUT2D eigenvalue weighted by atomic mass is 10.1. The molecule has 3 heterocycles. The van der Waals surface area contributed by atoms with Crippen molar-refractivity contribution >= 4 is 22.9 Å². The zero-order chi connectivity index (χ0) is 16.4. The summed E-state index contributed by atoms with van der Waals surface area (Å²) in [6, 6.07) is 3.03. The molecule has 0 bridgehead atoms. The van der Waals surface area contributed by atoms with Gasteiger partial charge in [-0.25, -0.2) is 4.79 Å². The maximum Gasteiger partial charge on any atom is 0.408 e. The number of carbonyl (C=O) groups excluding carboxylic acids is 1. The third-order valence-electron chi connectivity index (χ3n) is 3.99. The number of hydrogen-bond donors (Lipinski definition) is 2. The molecule has 0 radical (unpaired) electrons. The minimum atomic E-state index is -1.10. The summed E-state index contributed by atoms with van der Waals surface area (Å²) in [5.41, 5.74) is 1.85. The van der Waals surface area contributed by atoms with E-state index >= 15 is 0 Å². The first-order valence-electron chi connectivity index (χ1n) is 7.29. The number of ether oxygens (including phenoxy) is 1. The van der Waals surface area contributed by atoms with Crippen LogP contribution >= 0.6 is 0 Å². The average Bonchev–Trinajstić information content (AvgIpc) is 2.93. The minimum absolute atomic E-state index is 0.0538. The Bertz CT molecular complexity index is 696. The first kappa shape index (κ1) is 15.3. The van der Waals surface area contributed by atoms with Crippen molar-refractivity contribution in [2.24, 2.45) is 0 Å². The van der Waals surface area contributed by atoms with Crippen LogP contribution in [0.5, 0.6) is 0 Å². The predicted octanol–water partition coefficient (Wildman–Crippen LogP) is 0.900. The molecule has 0 spiro atoms. The highest BCUT2D eigenvalue weighted by Crippen LogP contribution is 2.18. The molecule has 2 aromatic heterocycles. The van der Waals surface area contributed by atoms with E-state index in [-0.39, 0.29) is 19.1 Å². The van der Waals surface area contributed by atoms with Crippen LogP contribution in [0.4, 0.5) is 4.79 Å². The highest BCUT2D eigenvalue weighted by atomic mass is 16.5. The monoisotopic (exact) mass is 318 g/mol. The van der Waals surface area contributed by atoms with Crippen molar-refractivity contribution in [2.45, 2.75) is 12.6 Å². The van der Waals surface area contributed by atoms with E-state index in [0.29, 0.717) is 13.1 Å². The molecule has 2 N–H and O–H groups in total. The van der Waals surface area contributed by atoms with Crippen LogP contribution in [0, 0.1) is 0 Å². The van der Waals surface area contributed by atoms with Gasteiger partial charge in [0.05, 0.1) is 13.2 Å². The van der Waals surface area contributed by atoms with E-state index in [1.165, 1.54) is 7.11 Å². The van der Waals surface area contributed by atoms with Gasteiger partial charge < -0.3 is 19.7 Å². The largest absolute Gasteiger partial charge is 0.465 e. The van der Waals surface area contributed by atoms with Crippen LogP contribution in [0.2, 0.25) is 0 Å². The van der Waals surface area contributed by atoms with E-state index in [2.05, 4.69) is 9.97 Å². The number of amides is 2. The Labute approximate surface area is 132 Å². The number of nitrogens with zero attached hydrogens (tertiary/aromatic N) is 3. The summed E-state index contributed by atoms with van der Waals surface area (Å²) in [7, 11) is 1.46. The number of carboxylic acid groups (broad SMARTS) is 1. The summed E-state index contributed by atoms with van der Waals surface area (Å²) in [6.45, 7) is 1.09. The summed E-state index contributed by atoms with van der Waals surface area (Å²) in [5.74, 6) is -0.239. The van der Waals surface area contributed by atoms with Crippen LogP contribution in [-0.4, -0.2) is 69.7 Å². The lowest BCUT2D eigenvalue weighted by Gasteiger charge is -2.38.